The van der Waals surface area contributed by atoms with Crippen LogP contribution in [0, 0.1) is 6.92 Å². The van der Waals surface area contributed by atoms with Gasteiger partial charge in [-0.3, -0.25) is 4.90 Å². The minimum absolute atomic E-state index is 0.527. The Morgan fingerprint density at radius 1 is 1.11 bits per heavy atom. The molecule has 3 aromatic rings. The number of hydrogen-bond donors (Lipinski definition) is 2. The lowest BCUT2D eigenvalue weighted by Crippen LogP contribution is -2.30. The zero-order chi connectivity index (χ0) is 19.7. The number of aryl methyl sites for hydroxylation is 1. The van der Waals surface area contributed by atoms with Crippen molar-refractivity contribution in [1.29, 1.82) is 0 Å². The van der Waals surface area contributed by atoms with Crippen molar-refractivity contribution in [3.05, 3.63) is 35.8 Å². The summed E-state index contributed by atoms with van der Waals surface area (Å²) in [6, 6.07) is 7.69. The lowest BCUT2D eigenvalue weighted by atomic mass is 10.1. The van der Waals surface area contributed by atoms with E-state index in [2.05, 4.69) is 37.6 Å². The monoisotopic (exact) mass is 380 g/mol. The smallest absolute Gasteiger partial charge is 0.229 e. The van der Waals surface area contributed by atoms with Gasteiger partial charge in [0.25, 0.3) is 0 Å². The fourth-order valence-electron chi connectivity index (χ4n) is 3.21. The quantitative estimate of drug-likeness (QED) is 0.696. The van der Waals surface area contributed by atoms with Gasteiger partial charge in [0.1, 0.15) is 17.4 Å². The number of likely N-dealkylation sites (N-methyl/N-ethyl adjacent to an activating group) is 1. The summed E-state index contributed by atoms with van der Waals surface area (Å²) in [5.41, 5.74) is 2.55. The SMILES string of the molecule is CNc1cc(C)nc(Nc2ccc(OC)c(-c3nc4n(n3)CCN(C)C4)c2)n1. The second-order valence-electron chi connectivity index (χ2n) is 6.82. The molecule has 0 aliphatic carbocycles. The first kappa shape index (κ1) is 18.2. The van der Waals surface area contributed by atoms with Crippen molar-refractivity contribution in [1.82, 2.24) is 29.6 Å². The third-order valence-electron chi connectivity index (χ3n) is 4.66. The van der Waals surface area contributed by atoms with Gasteiger partial charge >= 0.3 is 0 Å². The molecular weight excluding hydrogens is 356 g/mol. The van der Waals surface area contributed by atoms with Crippen LogP contribution in [0.4, 0.5) is 17.5 Å². The van der Waals surface area contributed by atoms with Crippen molar-refractivity contribution >= 4 is 17.5 Å². The van der Waals surface area contributed by atoms with Gasteiger partial charge < -0.3 is 15.4 Å². The summed E-state index contributed by atoms with van der Waals surface area (Å²) in [5, 5.41) is 11.0. The minimum Gasteiger partial charge on any atom is -0.496 e. The number of methoxy groups -OCH3 is 1. The van der Waals surface area contributed by atoms with E-state index in [1.54, 1.807) is 7.11 Å². The fraction of sp³-hybridized carbons (Fsp3) is 0.368. The van der Waals surface area contributed by atoms with Gasteiger partial charge in [0.2, 0.25) is 5.95 Å². The van der Waals surface area contributed by atoms with E-state index in [0.29, 0.717) is 11.8 Å². The summed E-state index contributed by atoms with van der Waals surface area (Å²) in [5.74, 6) is 3.63. The molecule has 0 saturated carbocycles. The van der Waals surface area contributed by atoms with Crippen LogP contribution in [0.1, 0.15) is 11.5 Å². The van der Waals surface area contributed by atoms with Gasteiger partial charge in [0.15, 0.2) is 5.82 Å². The predicted molar refractivity (Wildman–Crippen MR) is 108 cm³/mol. The van der Waals surface area contributed by atoms with Crippen LogP contribution < -0.4 is 15.4 Å². The Morgan fingerprint density at radius 2 is 1.96 bits per heavy atom. The predicted octanol–water partition coefficient (Wildman–Crippen LogP) is 2.28. The van der Waals surface area contributed by atoms with Crippen molar-refractivity contribution in [3.63, 3.8) is 0 Å². The lowest BCUT2D eigenvalue weighted by molar-refractivity contribution is 0.254. The molecule has 0 saturated heterocycles. The molecule has 0 fully saturated rings. The average Bonchev–Trinajstić information content (AvgIpc) is 3.10. The van der Waals surface area contributed by atoms with Gasteiger partial charge in [-0.05, 0) is 32.2 Å². The first-order valence-electron chi connectivity index (χ1n) is 9.17. The maximum Gasteiger partial charge on any atom is 0.229 e. The molecule has 2 aromatic heterocycles. The molecule has 0 bridgehead atoms. The molecule has 1 aliphatic heterocycles. The first-order chi connectivity index (χ1) is 13.6. The van der Waals surface area contributed by atoms with Crippen LogP contribution in [0.3, 0.4) is 0 Å². The number of nitrogens with one attached hydrogen (secondary N) is 2. The molecule has 0 unspecified atom stereocenters. The number of aromatic nitrogens is 5. The lowest BCUT2D eigenvalue weighted by Gasteiger charge is -2.21. The van der Waals surface area contributed by atoms with Crippen molar-refractivity contribution in [2.24, 2.45) is 0 Å². The van der Waals surface area contributed by atoms with E-state index in [4.69, 9.17) is 9.72 Å². The molecule has 0 atom stereocenters. The normalized spacial score (nSPS) is 13.9. The topological polar surface area (TPSA) is 93.0 Å². The Morgan fingerprint density at radius 3 is 2.75 bits per heavy atom. The Kier molecular flexibility index (Phi) is 4.82. The summed E-state index contributed by atoms with van der Waals surface area (Å²) in [6.45, 7) is 4.52. The molecule has 1 aromatic carbocycles. The molecule has 0 amide bonds. The fourth-order valence-corrected chi connectivity index (χ4v) is 3.21. The highest BCUT2D eigenvalue weighted by Crippen LogP contribution is 2.32. The van der Waals surface area contributed by atoms with Gasteiger partial charge in [-0.1, -0.05) is 0 Å². The molecular formula is C19H24N8O. The number of benzene rings is 1. The highest BCUT2D eigenvalue weighted by Gasteiger charge is 2.20. The molecule has 2 N–H and O–H groups in total. The van der Waals surface area contributed by atoms with Crippen LogP contribution in [0.5, 0.6) is 5.75 Å². The van der Waals surface area contributed by atoms with Crippen LogP contribution in [0.2, 0.25) is 0 Å². The van der Waals surface area contributed by atoms with Crippen LogP contribution in [0.25, 0.3) is 11.4 Å². The van der Waals surface area contributed by atoms with E-state index in [9.17, 15) is 0 Å². The summed E-state index contributed by atoms with van der Waals surface area (Å²) >= 11 is 0. The maximum absolute atomic E-state index is 5.55. The van der Waals surface area contributed by atoms with Gasteiger partial charge in [0, 0.05) is 31.0 Å². The van der Waals surface area contributed by atoms with Gasteiger partial charge in [-0.2, -0.15) is 10.1 Å². The number of hydrogen-bond acceptors (Lipinski definition) is 8. The largest absolute Gasteiger partial charge is 0.496 e. The Hall–Kier alpha value is -3.20. The average molecular weight is 380 g/mol. The molecule has 4 rings (SSSR count). The molecule has 1 aliphatic rings. The molecule has 146 valence electrons. The molecule has 9 nitrogen and oxygen atoms in total. The number of ether oxygens (including phenoxy) is 1. The second kappa shape index (κ2) is 7.43. The van der Waals surface area contributed by atoms with E-state index < -0.39 is 0 Å². The Bertz CT molecular complexity index is 1000. The van der Waals surface area contributed by atoms with Crippen molar-refractivity contribution < 1.29 is 4.74 Å². The van der Waals surface area contributed by atoms with E-state index >= 15 is 0 Å². The molecule has 0 spiro atoms. The van der Waals surface area contributed by atoms with Crippen molar-refractivity contribution in [2.45, 2.75) is 20.0 Å². The summed E-state index contributed by atoms with van der Waals surface area (Å²) in [7, 11) is 5.57. The highest BCUT2D eigenvalue weighted by atomic mass is 16.5. The standard InChI is InChI=1S/C19H24N8O/c1-12-9-16(20-2)23-19(21-12)22-13-5-6-15(28-4)14(10-13)18-24-17-11-26(3)7-8-27(17)25-18/h5-6,9-10H,7-8,11H2,1-4H3,(H2,20,21,22,23). The highest BCUT2D eigenvalue weighted by molar-refractivity contribution is 5.71. The molecule has 0 radical (unpaired) electrons. The van der Waals surface area contributed by atoms with Crippen molar-refractivity contribution in [3.8, 4) is 17.1 Å². The summed E-state index contributed by atoms with van der Waals surface area (Å²) < 4.78 is 7.52. The van der Waals surface area contributed by atoms with Crippen molar-refractivity contribution in [2.75, 3.05) is 38.4 Å². The number of nitrogens with zero attached hydrogens (tertiary/aromatic N) is 6. The third-order valence-corrected chi connectivity index (χ3v) is 4.66. The zero-order valence-corrected chi connectivity index (χ0v) is 16.5. The van der Waals surface area contributed by atoms with Gasteiger partial charge in [-0.15, -0.1) is 0 Å². The first-order valence-corrected chi connectivity index (χ1v) is 9.17. The van der Waals surface area contributed by atoms with Crippen LogP contribution in [-0.2, 0) is 13.1 Å². The molecule has 3 heterocycles. The van der Waals surface area contributed by atoms with Gasteiger partial charge in [-0.25, -0.2) is 14.6 Å². The number of fused-ring (bicyclic) bond motifs is 1. The van der Waals surface area contributed by atoms with Crippen LogP contribution in [-0.4, -0.2) is 57.4 Å². The molecule has 28 heavy (non-hydrogen) atoms. The van der Waals surface area contributed by atoms with E-state index in [1.807, 2.05) is 42.9 Å². The number of anilines is 3. The Balaban J connectivity index is 1.68. The second-order valence-corrected chi connectivity index (χ2v) is 6.82. The van der Waals surface area contributed by atoms with E-state index in [0.717, 1.165) is 54.0 Å². The summed E-state index contributed by atoms with van der Waals surface area (Å²) in [4.78, 5) is 15.9. The third kappa shape index (κ3) is 3.61. The van der Waals surface area contributed by atoms with Gasteiger partial charge in [0.05, 0.1) is 25.8 Å². The van der Waals surface area contributed by atoms with Crippen LogP contribution in [0.15, 0.2) is 24.3 Å². The van der Waals surface area contributed by atoms with E-state index in [1.165, 1.54) is 0 Å². The maximum atomic E-state index is 5.55. The van der Waals surface area contributed by atoms with E-state index in [-0.39, 0.29) is 0 Å². The molecule has 9 heteroatoms. The summed E-state index contributed by atoms with van der Waals surface area (Å²) in [6.07, 6.45) is 0. The number of rotatable bonds is 5. The van der Waals surface area contributed by atoms with Crippen LogP contribution >= 0.6 is 0 Å². The minimum atomic E-state index is 0.527. The Labute approximate surface area is 163 Å². The zero-order valence-electron chi connectivity index (χ0n) is 16.5.